The third-order valence-electron chi connectivity index (χ3n) is 2.41. The molecule has 1 rings (SSSR count). The number of hydrogen-bond acceptors (Lipinski definition) is 2. The summed E-state index contributed by atoms with van der Waals surface area (Å²) in [4.78, 5) is 0. The fourth-order valence-electron chi connectivity index (χ4n) is 1.60. The zero-order valence-electron chi connectivity index (χ0n) is 8.83. The normalized spacial score (nSPS) is 29.0. The Kier molecular flexibility index (Phi) is 2.79. The average molecular weight is 170 g/mol. The molecule has 0 amide bonds. The van der Waals surface area contributed by atoms with Crippen molar-refractivity contribution in [3.05, 3.63) is 0 Å². The number of rotatable bonds is 0. The molecule has 1 aliphatic rings. The van der Waals surface area contributed by atoms with Crippen molar-refractivity contribution in [3.8, 4) is 0 Å². The minimum Gasteiger partial charge on any atom is -0.316 e. The van der Waals surface area contributed by atoms with Gasteiger partial charge in [0.15, 0.2) is 0 Å². The lowest BCUT2D eigenvalue weighted by atomic mass is 9.87. The van der Waals surface area contributed by atoms with Gasteiger partial charge >= 0.3 is 0 Å². The topological polar surface area (TPSA) is 24.1 Å². The van der Waals surface area contributed by atoms with Crippen molar-refractivity contribution in [2.75, 3.05) is 26.2 Å². The van der Waals surface area contributed by atoms with Crippen molar-refractivity contribution in [2.24, 2.45) is 10.8 Å². The van der Waals surface area contributed by atoms with Crippen LogP contribution in [0.5, 0.6) is 0 Å². The van der Waals surface area contributed by atoms with E-state index in [9.17, 15) is 0 Å². The molecule has 1 saturated heterocycles. The smallest absolute Gasteiger partial charge is 0.00149 e. The summed E-state index contributed by atoms with van der Waals surface area (Å²) in [7, 11) is 0. The van der Waals surface area contributed by atoms with E-state index in [2.05, 4.69) is 38.3 Å². The van der Waals surface area contributed by atoms with Gasteiger partial charge in [0.05, 0.1) is 0 Å². The van der Waals surface area contributed by atoms with Crippen LogP contribution in [-0.4, -0.2) is 26.2 Å². The lowest BCUT2D eigenvalue weighted by Gasteiger charge is -2.35. The van der Waals surface area contributed by atoms with Crippen molar-refractivity contribution in [1.82, 2.24) is 10.6 Å². The van der Waals surface area contributed by atoms with Crippen LogP contribution in [0.25, 0.3) is 0 Å². The highest BCUT2D eigenvalue weighted by atomic mass is 15.0. The van der Waals surface area contributed by atoms with Crippen LogP contribution < -0.4 is 10.6 Å². The highest BCUT2D eigenvalue weighted by Crippen LogP contribution is 2.18. The van der Waals surface area contributed by atoms with E-state index in [-0.39, 0.29) is 0 Å². The molecule has 0 aromatic rings. The van der Waals surface area contributed by atoms with Gasteiger partial charge in [-0.05, 0) is 10.8 Å². The third kappa shape index (κ3) is 3.11. The van der Waals surface area contributed by atoms with Crippen LogP contribution in [0.3, 0.4) is 0 Å². The van der Waals surface area contributed by atoms with E-state index in [0.29, 0.717) is 10.8 Å². The molecule has 2 N–H and O–H groups in total. The van der Waals surface area contributed by atoms with E-state index >= 15 is 0 Å². The van der Waals surface area contributed by atoms with Gasteiger partial charge < -0.3 is 10.6 Å². The first kappa shape index (κ1) is 10.0. The summed E-state index contributed by atoms with van der Waals surface area (Å²) in [5, 5.41) is 7.06. The summed E-state index contributed by atoms with van der Waals surface area (Å²) in [6.07, 6.45) is 0. The van der Waals surface area contributed by atoms with Gasteiger partial charge in [-0.2, -0.15) is 0 Å². The standard InChI is InChI=1S/C10H22N2/c1-9(2)5-11-7-10(3,4)8-12-6-9/h11-12H,5-8H2,1-4H3. The van der Waals surface area contributed by atoms with Crippen LogP contribution in [0.1, 0.15) is 27.7 Å². The maximum absolute atomic E-state index is 3.53. The van der Waals surface area contributed by atoms with Crippen LogP contribution in [0.15, 0.2) is 0 Å². The second-order valence-corrected chi connectivity index (χ2v) is 5.54. The summed E-state index contributed by atoms with van der Waals surface area (Å²) in [6, 6.07) is 0. The molecule has 0 aromatic heterocycles. The maximum Gasteiger partial charge on any atom is 0.00149 e. The van der Waals surface area contributed by atoms with Crippen molar-refractivity contribution >= 4 is 0 Å². The highest BCUT2D eigenvalue weighted by Gasteiger charge is 2.25. The second kappa shape index (κ2) is 3.35. The molecule has 0 aromatic carbocycles. The molecule has 0 atom stereocenters. The molecule has 0 saturated carbocycles. The number of hydrogen-bond donors (Lipinski definition) is 2. The van der Waals surface area contributed by atoms with Crippen LogP contribution >= 0.6 is 0 Å². The first-order valence-electron chi connectivity index (χ1n) is 4.83. The molecular formula is C10H22N2. The largest absolute Gasteiger partial charge is 0.316 e. The fraction of sp³-hybridized carbons (Fsp3) is 1.00. The number of nitrogens with one attached hydrogen (secondary N) is 2. The SMILES string of the molecule is CC1(C)CNCC(C)(C)CNC1. The van der Waals surface area contributed by atoms with Crippen molar-refractivity contribution < 1.29 is 0 Å². The van der Waals surface area contributed by atoms with Crippen molar-refractivity contribution in [3.63, 3.8) is 0 Å². The molecule has 0 radical (unpaired) electrons. The van der Waals surface area contributed by atoms with E-state index in [1.54, 1.807) is 0 Å². The van der Waals surface area contributed by atoms with Gasteiger partial charge in [0.25, 0.3) is 0 Å². The Morgan fingerprint density at radius 1 is 0.667 bits per heavy atom. The molecule has 1 heterocycles. The second-order valence-electron chi connectivity index (χ2n) is 5.54. The van der Waals surface area contributed by atoms with Gasteiger partial charge in [-0.3, -0.25) is 0 Å². The third-order valence-corrected chi connectivity index (χ3v) is 2.41. The van der Waals surface area contributed by atoms with Crippen LogP contribution in [-0.2, 0) is 0 Å². The first-order valence-corrected chi connectivity index (χ1v) is 4.83. The summed E-state index contributed by atoms with van der Waals surface area (Å²) in [5.41, 5.74) is 0.799. The van der Waals surface area contributed by atoms with E-state index in [1.807, 2.05) is 0 Å². The minimum absolute atomic E-state index is 0.399. The Labute approximate surface area is 76.1 Å². The van der Waals surface area contributed by atoms with Crippen molar-refractivity contribution in [2.45, 2.75) is 27.7 Å². The molecule has 12 heavy (non-hydrogen) atoms. The lowest BCUT2D eigenvalue weighted by Crippen LogP contribution is -2.49. The van der Waals surface area contributed by atoms with E-state index in [4.69, 9.17) is 0 Å². The molecule has 72 valence electrons. The molecule has 0 aliphatic carbocycles. The molecular weight excluding hydrogens is 148 g/mol. The Balaban J connectivity index is 2.45. The van der Waals surface area contributed by atoms with Gasteiger partial charge in [-0.1, -0.05) is 27.7 Å². The first-order chi connectivity index (χ1) is 5.41. The van der Waals surface area contributed by atoms with Crippen molar-refractivity contribution in [1.29, 1.82) is 0 Å². The molecule has 1 aliphatic heterocycles. The molecule has 2 nitrogen and oxygen atoms in total. The molecule has 2 heteroatoms. The van der Waals surface area contributed by atoms with E-state index in [0.717, 1.165) is 26.2 Å². The summed E-state index contributed by atoms with van der Waals surface area (Å²) < 4.78 is 0. The lowest BCUT2D eigenvalue weighted by molar-refractivity contribution is 0.226. The zero-order chi connectivity index (χ0) is 9.24. The Morgan fingerprint density at radius 2 is 0.917 bits per heavy atom. The summed E-state index contributed by atoms with van der Waals surface area (Å²) in [6.45, 7) is 13.6. The monoisotopic (exact) mass is 170 g/mol. The Bertz CT molecular complexity index is 120. The molecule has 0 spiro atoms. The van der Waals surface area contributed by atoms with E-state index < -0.39 is 0 Å². The van der Waals surface area contributed by atoms with E-state index in [1.165, 1.54) is 0 Å². The fourth-order valence-corrected chi connectivity index (χ4v) is 1.60. The Morgan fingerprint density at radius 3 is 1.17 bits per heavy atom. The van der Waals surface area contributed by atoms with Gasteiger partial charge in [0, 0.05) is 26.2 Å². The highest BCUT2D eigenvalue weighted by molar-refractivity contribution is 4.83. The summed E-state index contributed by atoms with van der Waals surface area (Å²) in [5.74, 6) is 0. The van der Waals surface area contributed by atoms with Gasteiger partial charge in [-0.15, -0.1) is 0 Å². The molecule has 0 bridgehead atoms. The summed E-state index contributed by atoms with van der Waals surface area (Å²) >= 11 is 0. The average Bonchev–Trinajstić information content (AvgIpc) is 1.82. The predicted octanol–water partition coefficient (Wildman–Crippen LogP) is 1.23. The van der Waals surface area contributed by atoms with Crippen LogP contribution in [0.4, 0.5) is 0 Å². The van der Waals surface area contributed by atoms with Gasteiger partial charge in [0.2, 0.25) is 0 Å². The predicted molar refractivity (Wildman–Crippen MR) is 53.3 cm³/mol. The van der Waals surface area contributed by atoms with Gasteiger partial charge in [0.1, 0.15) is 0 Å². The van der Waals surface area contributed by atoms with Crippen LogP contribution in [0.2, 0.25) is 0 Å². The molecule has 1 fully saturated rings. The zero-order valence-corrected chi connectivity index (χ0v) is 8.83. The van der Waals surface area contributed by atoms with Gasteiger partial charge in [-0.25, -0.2) is 0 Å². The maximum atomic E-state index is 3.53. The van der Waals surface area contributed by atoms with Crippen LogP contribution in [0, 0.1) is 10.8 Å². The molecule has 0 unspecified atom stereocenters. The minimum atomic E-state index is 0.399. The quantitative estimate of drug-likeness (QED) is 0.571. The Hall–Kier alpha value is -0.0800.